The molecule has 0 radical (unpaired) electrons. The van der Waals surface area contributed by atoms with Gasteiger partial charge in [-0.25, -0.2) is 0 Å². The molecule has 2 amide bonds. The highest BCUT2D eigenvalue weighted by molar-refractivity contribution is 8.18. The first-order chi connectivity index (χ1) is 14.2. The zero-order chi connectivity index (χ0) is 22.0. The van der Waals surface area contributed by atoms with Crippen molar-refractivity contribution < 1.29 is 19.1 Å². The van der Waals surface area contributed by atoms with Gasteiger partial charge in [-0.05, 0) is 73.9 Å². The third-order valence-corrected chi connectivity index (χ3v) is 5.95. The third kappa shape index (κ3) is 4.36. The predicted octanol–water partition coefficient (Wildman–Crippen LogP) is 4.82. The molecule has 2 heterocycles. The monoisotopic (exact) mass is 426 g/mol. The van der Waals surface area contributed by atoms with Crippen LogP contribution in [0, 0.1) is 13.8 Å². The van der Waals surface area contributed by atoms with Gasteiger partial charge in [-0.2, -0.15) is 0 Å². The van der Waals surface area contributed by atoms with Crippen molar-refractivity contribution in [1.82, 2.24) is 9.47 Å². The molecule has 0 bridgehead atoms. The van der Waals surface area contributed by atoms with Crippen LogP contribution in [0.2, 0.25) is 0 Å². The van der Waals surface area contributed by atoms with E-state index in [4.69, 9.17) is 4.74 Å². The summed E-state index contributed by atoms with van der Waals surface area (Å²) in [5, 5.41) is -0.461. The highest BCUT2D eigenvalue weighted by atomic mass is 32.2. The predicted molar refractivity (Wildman–Crippen MR) is 119 cm³/mol. The van der Waals surface area contributed by atoms with Crippen molar-refractivity contribution >= 4 is 35.0 Å². The highest BCUT2D eigenvalue weighted by Crippen LogP contribution is 2.33. The van der Waals surface area contributed by atoms with Gasteiger partial charge in [0.15, 0.2) is 0 Å². The molecule has 1 aromatic carbocycles. The van der Waals surface area contributed by atoms with Crippen LogP contribution >= 0.6 is 11.8 Å². The van der Waals surface area contributed by atoms with Crippen molar-refractivity contribution in [3.05, 3.63) is 57.8 Å². The molecule has 1 saturated heterocycles. The number of ether oxygens (including phenoxy) is 1. The van der Waals surface area contributed by atoms with Gasteiger partial charge in [0.05, 0.1) is 11.5 Å². The smallest absolute Gasteiger partial charge is 0.326 e. The van der Waals surface area contributed by atoms with Gasteiger partial charge in [-0.15, -0.1) is 0 Å². The maximum atomic E-state index is 12.6. The number of thioether (sulfide) groups is 1. The van der Waals surface area contributed by atoms with Crippen molar-refractivity contribution in [2.45, 2.75) is 40.5 Å². The quantitative estimate of drug-likeness (QED) is 0.489. The number of hydrogen-bond donors (Lipinski definition) is 0. The van der Waals surface area contributed by atoms with E-state index >= 15 is 0 Å². The zero-order valence-electron chi connectivity index (χ0n) is 17.9. The minimum absolute atomic E-state index is 0.203. The van der Waals surface area contributed by atoms with Crippen LogP contribution in [0.5, 0.6) is 0 Å². The highest BCUT2D eigenvalue weighted by Gasteiger charge is 2.36. The number of carbonyl (C=O) groups is 3. The molecule has 2 aromatic rings. The van der Waals surface area contributed by atoms with E-state index in [0.29, 0.717) is 10.8 Å². The molecule has 0 N–H and O–H groups in total. The number of nitrogens with zero attached hydrogens (tertiary/aromatic N) is 2. The van der Waals surface area contributed by atoms with E-state index in [0.717, 1.165) is 39.3 Å². The number of hydrogen-bond acceptors (Lipinski definition) is 5. The van der Waals surface area contributed by atoms with E-state index in [9.17, 15) is 14.4 Å². The first kappa shape index (κ1) is 21.9. The minimum atomic E-state index is -0.593. The normalized spacial score (nSPS) is 15.5. The molecule has 0 aliphatic carbocycles. The lowest BCUT2D eigenvalue weighted by molar-refractivity contribution is -0.145. The molecule has 1 aliphatic rings. The molecule has 158 valence electrons. The van der Waals surface area contributed by atoms with Gasteiger partial charge < -0.3 is 9.30 Å². The molecule has 7 heteroatoms. The van der Waals surface area contributed by atoms with Gasteiger partial charge in [-0.1, -0.05) is 26.0 Å². The van der Waals surface area contributed by atoms with Gasteiger partial charge in [0, 0.05) is 17.1 Å². The molecule has 6 nitrogen and oxygen atoms in total. The number of aryl methyl sites for hydroxylation is 1. The Labute approximate surface area is 180 Å². The number of amides is 2. The van der Waals surface area contributed by atoms with E-state index in [1.165, 1.54) is 5.56 Å². The van der Waals surface area contributed by atoms with E-state index in [1.807, 2.05) is 19.9 Å². The standard InChI is InChI=1S/C23H26N2O4S/c1-6-29-21(26)13-24-22(27)20(30-23(24)28)12-18-11-15(4)25(16(18)5)19-9-7-17(8-10-19)14(2)3/h7-12,14H,6,13H2,1-5H3. The summed E-state index contributed by atoms with van der Waals surface area (Å²) >= 11 is 0.843. The lowest BCUT2D eigenvalue weighted by Gasteiger charge is -2.12. The zero-order valence-corrected chi connectivity index (χ0v) is 18.7. The van der Waals surface area contributed by atoms with Crippen LogP contribution in [-0.2, 0) is 14.3 Å². The topological polar surface area (TPSA) is 68.6 Å². The molecule has 0 atom stereocenters. The first-order valence-corrected chi connectivity index (χ1v) is 10.7. The van der Waals surface area contributed by atoms with Gasteiger partial charge in [-0.3, -0.25) is 19.3 Å². The lowest BCUT2D eigenvalue weighted by atomic mass is 10.0. The summed E-state index contributed by atoms with van der Waals surface area (Å²) in [6, 6.07) is 10.4. The van der Waals surface area contributed by atoms with Crippen molar-refractivity contribution in [2.75, 3.05) is 13.2 Å². The fourth-order valence-corrected chi connectivity index (χ4v) is 4.28. The largest absolute Gasteiger partial charge is 0.465 e. The molecule has 0 saturated carbocycles. The van der Waals surface area contributed by atoms with Crippen molar-refractivity contribution in [1.29, 1.82) is 0 Å². The van der Waals surface area contributed by atoms with Gasteiger partial charge in [0.1, 0.15) is 6.54 Å². The Balaban J connectivity index is 1.88. The molecule has 1 fully saturated rings. The SMILES string of the molecule is CCOC(=O)CN1C(=O)SC(=Cc2cc(C)n(-c3ccc(C(C)C)cc3)c2C)C1=O. The third-order valence-electron chi connectivity index (χ3n) is 5.04. The Kier molecular flexibility index (Phi) is 6.51. The number of carbonyl (C=O) groups excluding carboxylic acids is 3. The van der Waals surface area contributed by atoms with Crippen molar-refractivity contribution in [3.63, 3.8) is 0 Å². The van der Waals surface area contributed by atoms with Gasteiger partial charge in [0.2, 0.25) is 0 Å². The van der Waals surface area contributed by atoms with E-state index < -0.39 is 17.1 Å². The van der Waals surface area contributed by atoms with Gasteiger partial charge in [0.25, 0.3) is 11.1 Å². The van der Waals surface area contributed by atoms with Crippen molar-refractivity contribution in [3.8, 4) is 5.69 Å². The van der Waals surface area contributed by atoms with Crippen LogP contribution < -0.4 is 0 Å². The second kappa shape index (κ2) is 8.92. The number of esters is 1. The Morgan fingerprint density at radius 2 is 1.83 bits per heavy atom. The molecular weight excluding hydrogens is 400 g/mol. The Bertz CT molecular complexity index is 1020. The molecule has 0 spiro atoms. The summed E-state index contributed by atoms with van der Waals surface area (Å²) < 4.78 is 6.97. The summed E-state index contributed by atoms with van der Waals surface area (Å²) in [5.41, 5.74) is 5.19. The van der Waals surface area contributed by atoms with Crippen LogP contribution in [0.15, 0.2) is 35.2 Å². The summed E-state index contributed by atoms with van der Waals surface area (Å²) in [7, 11) is 0. The number of imide groups is 1. The molecule has 0 unspecified atom stereocenters. The van der Waals surface area contributed by atoms with Crippen molar-refractivity contribution in [2.24, 2.45) is 0 Å². The summed E-state index contributed by atoms with van der Waals surface area (Å²) in [4.78, 5) is 37.8. The molecule has 1 aliphatic heterocycles. The number of aromatic nitrogens is 1. The van der Waals surface area contributed by atoms with E-state index in [1.54, 1.807) is 13.0 Å². The number of rotatable bonds is 6. The number of benzene rings is 1. The lowest BCUT2D eigenvalue weighted by Crippen LogP contribution is -2.34. The van der Waals surface area contributed by atoms with E-state index in [-0.39, 0.29) is 13.2 Å². The molecule has 3 rings (SSSR count). The second-order valence-electron chi connectivity index (χ2n) is 7.48. The van der Waals surface area contributed by atoms with Crippen LogP contribution in [-0.4, -0.2) is 39.7 Å². The van der Waals surface area contributed by atoms with Crippen LogP contribution in [0.4, 0.5) is 4.79 Å². The maximum Gasteiger partial charge on any atom is 0.326 e. The first-order valence-electron chi connectivity index (χ1n) is 9.93. The van der Waals surface area contributed by atoms with E-state index in [2.05, 4.69) is 42.7 Å². The van der Waals surface area contributed by atoms with Gasteiger partial charge >= 0.3 is 5.97 Å². The average Bonchev–Trinajstić information content (AvgIpc) is 3.12. The Hall–Kier alpha value is -2.80. The van der Waals surface area contributed by atoms with Crippen LogP contribution in [0.1, 0.15) is 49.2 Å². The fourth-order valence-electron chi connectivity index (χ4n) is 3.45. The second-order valence-corrected chi connectivity index (χ2v) is 8.47. The Morgan fingerprint density at radius 1 is 1.17 bits per heavy atom. The minimum Gasteiger partial charge on any atom is -0.465 e. The fraction of sp³-hybridized carbons (Fsp3) is 0.348. The molecule has 30 heavy (non-hydrogen) atoms. The van der Waals surface area contributed by atoms with Crippen LogP contribution in [0.3, 0.4) is 0 Å². The summed E-state index contributed by atoms with van der Waals surface area (Å²) in [6.45, 7) is 9.83. The summed E-state index contributed by atoms with van der Waals surface area (Å²) in [5.74, 6) is -0.597. The molecule has 1 aromatic heterocycles. The summed E-state index contributed by atoms with van der Waals surface area (Å²) in [6.07, 6.45) is 1.72. The maximum absolute atomic E-state index is 12.6. The Morgan fingerprint density at radius 3 is 2.43 bits per heavy atom. The molecular formula is C23H26N2O4S. The van der Waals surface area contributed by atoms with Crippen LogP contribution in [0.25, 0.3) is 11.8 Å². The average molecular weight is 427 g/mol.